The second-order valence-corrected chi connectivity index (χ2v) is 9.53. The van der Waals surface area contributed by atoms with E-state index in [0.29, 0.717) is 22.1 Å². The van der Waals surface area contributed by atoms with Gasteiger partial charge in [0, 0.05) is 22.4 Å². The molecular formula is C16H13ClN7NaO4S3. The predicted molar refractivity (Wildman–Crippen MR) is 115 cm³/mol. The van der Waals surface area contributed by atoms with E-state index in [-0.39, 0.29) is 51.7 Å². The van der Waals surface area contributed by atoms with Gasteiger partial charge >= 0.3 is 29.6 Å². The van der Waals surface area contributed by atoms with Crippen LogP contribution < -0.4 is 45.7 Å². The summed E-state index contributed by atoms with van der Waals surface area (Å²) in [6.07, 6.45) is 1.51. The quantitative estimate of drug-likeness (QED) is 0.144. The monoisotopic (exact) mass is 521 g/mol. The fraction of sp³-hybridized carbons (Fsp3) is 0.250. The van der Waals surface area contributed by atoms with Crippen LogP contribution in [0.3, 0.4) is 0 Å². The topological polar surface area (TPSA) is 170 Å². The molecule has 0 aromatic carbocycles. The molecule has 162 valence electrons. The van der Waals surface area contributed by atoms with E-state index in [2.05, 4.69) is 25.7 Å². The van der Waals surface area contributed by atoms with Crippen LogP contribution in [0.5, 0.6) is 0 Å². The molecule has 1 fully saturated rings. The number of aromatic nitrogens is 4. The largest absolute Gasteiger partial charge is 1.00 e. The Kier molecular flexibility index (Phi) is 8.30. The van der Waals surface area contributed by atoms with E-state index >= 15 is 0 Å². The van der Waals surface area contributed by atoms with Gasteiger partial charge in [-0.1, -0.05) is 16.8 Å². The molecule has 1 saturated heterocycles. The van der Waals surface area contributed by atoms with E-state index in [1.54, 1.807) is 5.38 Å². The smallest absolute Gasteiger partial charge is 0.543 e. The zero-order chi connectivity index (χ0) is 22.1. The van der Waals surface area contributed by atoms with Crippen molar-refractivity contribution in [1.82, 2.24) is 30.6 Å². The van der Waals surface area contributed by atoms with E-state index in [4.69, 9.17) is 17.3 Å². The Balaban J connectivity index is 0.00000289. The number of nitrogen functional groups attached to an aromatic ring is 1. The summed E-state index contributed by atoms with van der Waals surface area (Å²) in [6.45, 7) is 0. The number of carboxylic acid groups (broad SMARTS) is 1. The Bertz CT molecular complexity index is 1110. The number of H-pyrrole nitrogens is 1. The van der Waals surface area contributed by atoms with Crippen molar-refractivity contribution in [3.05, 3.63) is 34.1 Å². The number of hydrogen-bond donors (Lipinski definition) is 3. The van der Waals surface area contributed by atoms with E-state index in [1.807, 2.05) is 0 Å². The molecule has 2 aromatic rings. The summed E-state index contributed by atoms with van der Waals surface area (Å²) < 4.78 is 0. The van der Waals surface area contributed by atoms with Crippen molar-refractivity contribution in [2.75, 3.05) is 17.2 Å². The minimum absolute atomic E-state index is 0. The number of anilines is 1. The minimum atomic E-state index is -1.44. The van der Waals surface area contributed by atoms with Crippen molar-refractivity contribution in [2.45, 2.75) is 16.4 Å². The van der Waals surface area contributed by atoms with Gasteiger partial charge in [0.25, 0.3) is 11.8 Å². The van der Waals surface area contributed by atoms with Gasteiger partial charge in [0.1, 0.15) is 16.4 Å². The number of fused-ring (bicyclic) bond motifs is 1. The maximum atomic E-state index is 12.7. The summed E-state index contributed by atoms with van der Waals surface area (Å²) in [5, 5.41) is 26.3. The molecule has 0 radical (unpaired) electrons. The normalized spacial score (nSPS) is 20.3. The van der Waals surface area contributed by atoms with Crippen molar-refractivity contribution in [2.24, 2.45) is 0 Å². The number of nitrogens with zero attached hydrogens (tertiary/aromatic N) is 4. The maximum absolute atomic E-state index is 12.7. The average Bonchev–Trinajstić information content (AvgIpc) is 3.42. The number of hydrogen-bond acceptors (Lipinski definition) is 11. The maximum Gasteiger partial charge on any atom is 1.00 e. The van der Waals surface area contributed by atoms with Crippen molar-refractivity contribution < 1.29 is 49.0 Å². The predicted octanol–water partition coefficient (Wildman–Crippen LogP) is -3.38. The second-order valence-electron chi connectivity index (χ2n) is 6.30. The first-order chi connectivity index (χ1) is 14.9. The van der Waals surface area contributed by atoms with Crippen LogP contribution in [0.4, 0.5) is 5.13 Å². The molecule has 2 aromatic heterocycles. The number of carboxylic acids is 1. The van der Waals surface area contributed by atoms with E-state index in [9.17, 15) is 19.5 Å². The molecule has 32 heavy (non-hydrogen) atoms. The third kappa shape index (κ3) is 4.85. The zero-order valence-electron chi connectivity index (χ0n) is 16.4. The van der Waals surface area contributed by atoms with Gasteiger partial charge in [0.15, 0.2) is 5.13 Å². The Morgan fingerprint density at radius 2 is 2.28 bits per heavy atom. The molecule has 4 heterocycles. The number of thiazole rings is 1. The van der Waals surface area contributed by atoms with Gasteiger partial charge in [-0.2, -0.15) is 0 Å². The summed E-state index contributed by atoms with van der Waals surface area (Å²) in [5.74, 6) is -1.91. The van der Waals surface area contributed by atoms with Gasteiger partial charge < -0.3 is 21.0 Å². The third-order valence-electron chi connectivity index (χ3n) is 4.47. The molecule has 0 saturated carbocycles. The van der Waals surface area contributed by atoms with Crippen molar-refractivity contribution in [3.8, 4) is 0 Å². The van der Waals surface area contributed by atoms with Crippen molar-refractivity contribution in [3.63, 3.8) is 0 Å². The molecule has 0 aliphatic carbocycles. The molecule has 2 amide bonds. The molecule has 2 aliphatic rings. The van der Waals surface area contributed by atoms with E-state index < -0.39 is 29.2 Å². The van der Waals surface area contributed by atoms with Crippen LogP contribution in [0.2, 0.25) is 0 Å². The van der Waals surface area contributed by atoms with E-state index in [0.717, 1.165) is 21.8 Å². The molecule has 2 atom stereocenters. The Morgan fingerprint density at radius 1 is 1.50 bits per heavy atom. The summed E-state index contributed by atoms with van der Waals surface area (Å²) in [4.78, 5) is 42.3. The number of rotatable bonds is 7. The van der Waals surface area contributed by atoms with Crippen LogP contribution in [-0.2, 0) is 14.4 Å². The van der Waals surface area contributed by atoms with Crippen LogP contribution in [0.25, 0.3) is 5.57 Å². The van der Waals surface area contributed by atoms with E-state index in [1.165, 1.54) is 29.7 Å². The molecule has 0 bridgehead atoms. The first-order valence-corrected chi connectivity index (χ1v) is 11.9. The first-order valence-electron chi connectivity index (χ1n) is 8.60. The van der Waals surface area contributed by atoms with Gasteiger partial charge in [0.2, 0.25) is 0 Å². The molecule has 4 N–H and O–H groups in total. The number of carbonyl (C=O) groups is 3. The Morgan fingerprint density at radius 3 is 2.88 bits per heavy atom. The number of carbonyl (C=O) groups excluding carboxylic acids is 3. The van der Waals surface area contributed by atoms with Crippen LogP contribution in [0.1, 0.15) is 5.69 Å². The van der Waals surface area contributed by atoms with Crippen LogP contribution in [0, 0.1) is 0 Å². The number of aliphatic carboxylic acids is 1. The Labute approximate surface area is 220 Å². The number of nitrogens with two attached hydrogens (primary N) is 1. The van der Waals surface area contributed by atoms with Gasteiger partial charge in [0.05, 0.1) is 29.1 Å². The SMILES string of the molecule is Nc1nc(C(=CCl)C(=O)NC2C(=O)N3C(C(=O)[O-])=C(CSc4cnn[nH]4)CS[C@@H]23)cs1.[Na+]. The molecule has 11 nitrogen and oxygen atoms in total. The standard InChI is InChI=1S/C16H14ClN7O4S3.Na/c17-1-7(8-5-31-16(18)20-8)12(25)21-10-13(26)24-11(15(27)28)6(4-30-14(10)24)3-29-9-2-19-23-22-9;/h1-2,5,10,14H,3-4H2,(H2,18,20)(H,21,25)(H,27,28)(H,19,22,23);/q;+1/p-1/t10?,14-;/m0./s1. The molecular weight excluding hydrogens is 509 g/mol. The van der Waals surface area contributed by atoms with Crippen LogP contribution >= 0.6 is 46.5 Å². The summed E-state index contributed by atoms with van der Waals surface area (Å²) in [5.41, 5.74) is 7.38. The Hall–Kier alpha value is -1.55. The zero-order valence-corrected chi connectivity index (χ0v) is 21.6. The molecule has 1 unspecified atom stereocenters. The number of β-lactam (4-membered cyclic amide) rings is 1. The second kappa shape index (κ2) is 10.6. The molecule has 2 aliphatic heterocycles. The number of nitrogens with one attached hydrogen (secondary N) is 2. The first kappa shape index (κ1) is 25.1. The van der Waals surface area contributed by atoms with Crippen LogP contribution in [0.15, 0.2) is 33.4 Å². The molecule has 0 spiro atoms. The van der Waals surface area contributed by atoms with Crippen molar-refractivity contribution in [1.29, 1.82) is 0 Å². The van der Waals surface area contributed by atoms with Gasteiger partial charge in [-0.05, 0) is 5.57 Å². The fourth-order valence-corrected chi connectivity index (χ4v) is 6.10. The number of aromatic amines is 1. The van der Waals surface area contributed by atoms with Gasteiger partial charge in [-0.15, -0.1) is 40.0 Å². The minimum Gasteiger partial charge on any atom is -0.543 e. The number of halogens is 1. The molecule has 4 rings (SSSR count). The fourth-order valence-electron chi connectivity index (χ4n) is 3.06. The van der Waals surface area contributed by atoms with Gasteiger partial charge in [-0.3, -0.25) is 19.6 Å². The number of amides is 2. The summed E-state index contributed by atoms with van der Waals surface area (Å²) in [7, 11) is 0. The van der Waals surface area contributed by atoms with Crippen molar-refractivity contribution >= 4 is 74.9 Å². The average molecular weight is 522 g/mol. The third-order valence-corrected chi connectivity index (χ3v) is 7.71. The van der Waals surface area contributed by atoms with Crippen LogP contribution in [-0.4, -0.2) is 66.0 Å². The summed E-state index contributed by atoms with van der Waals surface area (Å²) in [6, 6.07) is -0.902. The van der Waals surface area contributed by atoms with Gasteiger partial charge in [-0.25, -0.2) is 4.98 Å². The summed E-state index contributed by atoms with van der Waals surface area (Å²) >= 11 is 9.59. The number of thioether (sulfide) groups is 2. The molecule has 16 heteroatoms.